The van der Waals surface area contributed by atoms with Gasteiger partial charge in [0.15, 0.2) is 0 Å². The molecule has 1 aliphatic rings. The number of piperazine rings is 1. The topological polar surface area (TPSA) is 35.5 Å². The second kappa shape index (κ2) is 10.2. The van der Waals surface area contributed by atoms with Crippen molar-refractivity contribution in [2.45, 2.75) is 26.3 Å². The Bertz CT molecular complexity index is 468. The number of rotatable bonds is 4. The van der Waals surface area contributed by atoms with E-state index in [9.17, 15) is 5.11 Å². The minimum Gasteiger partial charge on any atom is -0.506 e. The Hall–Kier alpha value is 0.290. The van der Waals surface area contributed by atoms with Gasteiger partial charge in [0, 0.05) is 37.8 Å². The number of nitrogens with zero attached hydrogens (tertiary/aromatic N) is 1. The molecule has 0 amide bonds. The summed E-state index contributed by atoms with van der Waals surface area (Å²) in [5.41, 5.74) is 0.969. The smallest absolute Gasteiger partial charge is 0.136 e. The molecule has 22 heavy (non-hydrogen) atoms. The predicted molar refractivity (Wildman–Crippen MR) is 102 cm³/mol. The molecule has 128 valence electrons. The molecule has 1 heterocycles. The number of hydrogen-bond donors (Lipinski definition) is 2. The summed E-state index contributed by atoms with van der Waals surface area (Å²) in [4.78, 5) is 2.45. The summed E-state index contributed by atoms with van der Waals surface area (Å²) >= 11 is 9.43. The number of phenolic OH excluding ortho intramolecular Hbond substituents is 1. The van der Waals surface area contributed by atoms with Crippen LogP contribution in [-0.4, -0.2) is 36.2 Å². The summed E-state index contributed by atoms with van der Waals surface area (Å²) in [6, 6.07) is 4.05. The third-order valence-corrected chi connectivity index (χ3v) is 5.09. The summed E-state index contributed by atoms with van der Waals surface area (Å²) in [5.74, 6) is 0.852. The van der Waals surface area contributed by atoms with Crippen LogP contribution in [0.3, 0.4) is 0 Å². The number of aromatic hydroxyl groups is 1. The zero-order valence-electron chi connectivity index (χ0n) is 12.8. The van der Waals surface area contributed by atoms with E-state index in [1.165, 1.54) is 0 Å². The van der Waals surface area contributed by atoms with Crippen molar-refractivity contribution in [3.05, 3.63) is 27.2 Å². The van der Waals surface area contributed by atoms with E-state index in [2.05, 4.69) is 40.0 Å². The molecule has 0 aromatic heterocycles. The van der Waals surface area contributed by atoms with Crippen molar-refractivity contribution < 1.29 is 5.11 Å². The highest BCUT2D eigenvalue weighted by Gasteiger charge is 2.26. The maximum atomic E-state index is 10.4. The number of phenols is 1. The van der Waals surface area contributed by atoms with Gasteiger partial charge in [-0.2, -0.15) is 0 Å². The summed E-state index contributed by atoms with van der Waals surface area (Å²) in [7, 11) is 0. The van der Waals surface area contributed by atoms with Crippen LogP contribution < -0.4 is 5.32 Å². The van der Waals surface area contributed by atoms with Crippen LogP contribution in [0.4, 0.5) is 0 Å². The molecule has 0 aliphatic carbocycles. The van der Waals surface area contributed by atoms with E-state index in [1.54, 1.807) is 0 Å². The average Bonchev–Trinajstić information content (AvgIpc) is 2.44. The second-order valence-electron chi connectivity index (χ2n) is 5.73. The van der Waals surface area contributed by atoms with Gasteiger partial charge in [0.05, 0.1) is 9.50 Å². The quantitative estimate of drug-likeness (QED) is 0.724. The minimum absolute atomic E-state index is 0. The van der Waals surface area contributed by atoms with Crippen LogP contribution in [-0.2, 0) is 0 Å². The Morgan fingerprint density at radius 2 is 1.86 bits per heavy atom. The average molecular weight is 435 g/mol. The first kappa shape index (κ1) is 22.3. The lowest BCUT2D eigenvalue weighted by Gasteiger charge is -2.36. The molecule has 1 fully saturated rings. The first-order valence-corrected chi connectivity index (χ1v) is 8.29. The monoisotopic (exact) mass is 432 g/mol. The number of hydrogen-bond acceptors (Lipinski definition) is 3. The molecule has 0 spiro atoms. The highest BCUT2D eigenvalue weighted by atomic mass is 79.9. The van der Waals surface area contributed by atoms with Gasteiger partial charge >= 0.3 is 0 Å². The third-order valence-electron chi connectivity index (χ3n) is 3.75. The number of nitrogens with one attached hydrogen (secondary N) is 1. The normalized spacial score (nSPS) is 16.8. The highest BCUT2D eigenvalue weighted by molar-refractivity contribution is 9.10. The van der Waals surface area contributed by atoms with Crippen molar-refractivity contribution in [3.63, 3.8) is 0 Å². The van der Waals surface area contributed by atoms with Crippen LogP contribution >= 0.6 is 52.3 Å². The van der Waals surface area contributed by atoms with Crippen LogP contribution in [0.2, 0.25) is 5.02 Å². The van der Waals surface area contributed by atoms with E-state index in [0.717, 1.165) is 38.2 Å². The van der Waals surface area contributed by atoms with Gasteiger partial charge in [-0.1, -0.05) is 31.5 Å². The molecule has 0 unspecified atom stereocenters. The zero-order chi connectivity index (χ0) is 14.7. The summed E-state index contributed by atoms with van der Waals surface area (Å²) in [6.45, 7) is 8.47. The molecule has 2 rings (SSSR count). The third kappa shape index (κ3) is 5.43. The molecule has 0 saturated carbocycles. The van der Waals surface area contributed by atoms with Crippen LogP contribution in [0.15, 0.2) is 16.6 Å². The van der Waals surface area contributed by atoms with Gasteiger partial charge < -0.3 is 10.4 Å². The largest absolute Gasteiger partial charge is 0.506 e. The fraction of sp³-hybridized carbons (Fsp3) is 0.600. The lowest BCUT2D eigenvalue weighted by molar-refractivity contribution is 0.151. The number of benzene rings is 1. The van der Waals surface area contributed by atoms with Gasteiger partial charge in [-0.25, -0.2) is 0 Å². The Morgan fingerprint density at radius 1 is 1.27 bits per heavy atom. The maximum absolute atomic E-state index is 10.4. The van der Waals surface area contributed by atoms with Gasteiger partial charge in [-0.15, -0.1) is 24.8 Å². The fourth-order valence-electron chi connectivity index (χ4n) is 2.74. The highest BCUT2D eigenvalue weighted by Crippen LogP contribution is 2.41. The molecule has 0 bridgehead atoms. The van der Waals surface area contributed by atoms with Crippen molar-refractivity contribution in [1.82, 2.24) is 10.2 Å². The van der Waals surface area contributed by atoms with Gasteiger partial charge in [-0.05, 0) is 34.3 Å². The van der Waals surface area contributed by atoms with Crippen LogP contribution in [0.1, 0.15) is 31.9 Å². The van der Waals surface area contributed by atoms with Crippen LogP contribution in [0.5, 0.6) is 5.75 Å². The van der Waals surface area contributed by atoms with Gasteiger partial charge in [0.1, 0.15) is 5.75 Å². The van der Waals surface area contributed by atoms with E-state index in [1.807, 2.05) is 12.1 Å². The van der Waals surface area contributed by atoms with Crippen molar-refractivity contribution in [1.29, 1.82) is 0 Å². The van der Waals surface area contributed by atoms with E-state index in [4.69, 9.17) is 11.6 Å². The van der Waals surface area contributed by atoms with Crippen molar-refractivity contribution in [2.75, 3.05) is 26.2 Å². The Morgan fingerprint density at radius 3 is 2.41 bits per heavy atom. The van der Waals surface area contributed by atoms with Crippen LogP contribution in [0, 0.1) is 5.92 Å². The number of halogens is 4. The van der Waals surface area contributed by atoms with Gasteiger partial charge in [-0.3, -0.25) is 4.90 Å². The van der Waals surface area contributed by atoms with E-state index in [0.29, 0.717) is 15.4 Å². The Balaban J connectivity index is 0.00000220. The Kier molecular flexibility index (Phi) is 10.4. The minimum atomic E-state index is 0. The molecule has 1 aliphatic heterocycles. The molecule has 7 heteroatoms. The summed E-state index contributed by atoms with van der Waals surface area (Å²) < 4.78 is 0.598. The van der Waals surface area contributed by atoms with E-state index >= 15 is 0 Å². The summed E-state index contributed by atoms with van der Waals surface area (Å²) in [5, 5.41) is 14.3. The predicted octanol–water partition coefficient (Wildman–Crippen LogP) is 4.64. The Labute approximate surface area is 158 Å². The second-order valence-corrected chi connectivity index (χ2v) is 6.93. The molecule has 3 nitrogen and oxygen atoms in total. The fourth-order valence-corrected chi connectivity index (χ4v) is 3.25. The lowest BCUT2D eigenvalue weighted by Crippen LogP contribution is -2.45. The maximum Gasteiger partial charge on any atom is 0.136 e. The van der Waals surface area contributed by atoms with Gasteiger partial charge in [0.25, 0.3) is 0 Å². The summed E-state index contributed by atoms with van der Waals surface area (Å²) in [6.07, 6.45) is 1.03. The zero-order valence-corrected chi connectivity index (χ0v) is 16.8. The molecular weight excluding hydrogens is 410 g/mol. The standard InChI is InChI=1S/C15H22BrClN2O.2ClH/c1-10(2)9-13(19-7-5-18-6-8-19)11-3-4-12(17)14(16)15(11)20;;/h3-4,10,13,18,20H,5-9H2,1-2H3;2*1H/t13-;;/m0../s1. The van der Waals surface area contributed by atoms with Crippen molar-refractivity contribution in [2.24, 2.45) is 5.92 Å². The molecule has 1 saturated heterocycles. The molecule has 1 atom stereocenters. The first-order chi connectivity index (χ1) is 9.50. The molecule has 2 N–H and O–H groups in total. The molecule has 1 aromatic rings. The van der Waals surface area contributed by atoms with E-state index < -0.39 is 0 Å². The lowest BCUT2D eigenvalue weighted by atomic mass is 9.94. The van der Waals surface area contributed by atoms with Crippen molar-refractivity contribution >= 4 is 52.3 Å². The molecule has 1 aromatic carbocycles. The first-order valence-electron chi connectivity index (χ1n) is 7.12. The SMILES string of the molecule is CC(C)C[C@@H](c1ccc(Cl)c(Br)c1O)N1CCNCC1.Cl.Cl. The molecule has 0 radical (unpaired) electrons. The van der Waals surface area contributed by atoms with Gasteiger partial charge in [0.2, 0.25) is 0 Å². The van der Waals surface area contributed by atoms with Crippen LogP contribution in [0.25, 0.3) is 0 Å². The van der Waals surface area contributed by atoms with Crippen molar-refractivity contribution in [3.8, 4) is 5.75 Å². The van der Waals surface area contributed by atoms with E-state index in [-0.39, 0.29) is 36.6 Å². The molecular formula is C15H24BrCl3N2O.